The first-order valence-electron chi connectivity index (χ1n) is 6.89. The van der Waals surface area contributed by atoms with Gasteiger partial charge in [0, 0.05) is 21.3 Å². The van der Waals surface area contributed by atoms with Crippen molar-refractivity contribution in [3.63, 3.8) is 0 Å². The number of hydrogen-bond donors (Lipinski definition) is 3. The molecule has 1 aromatic carbocycles. The summed E-state index contributed by atoms with van der Waals surface area (Å²) < 4.78 is 2.16. The van der Waals surface area contributed by atoms with E-state index in [2.05, 4.69) is 21.2 Å². The smallest absolute Gasteiger partial charge is 0.244 e. The Balaban J connectivity index is 1.77. The maximum absolute atomic E-state index is 12.1. The van der Waals surface area contributed by atoms with Crippen molar-refractivity contribution in [1.29, 1.82) is 0 Å². The van der Waals surface area contributed by atoms with Crippen molar-refractivity contribution in [3.8, 4) is 11.8 Å². The summed E-state index contributed by atoms with van der Waals surface area (Å²) in [6, 6.07) is 7.19. The Morgan fingerprint density at radius 2 is 1.64 bits per heavy atom. The highest BCUT2D eigenvalue weighted by Gasteiger charge is 2.23. The second-order valence-electron chi connectivity index (χ2n) is 5.13. The number of benzene rings is 1. The molecule has 5 nitrogen and oxygen atoms in total. The first kappa shape index (κ1) is 14.7. The number of nitrogens with one attached hydrogen (secondary N) is 1. The van der Waals surface area contributed by atoms with Crippen LogP contribution in [0.25, 0.3) is 0 Å². The molecule has 6 heteroatoms. The van der Waals surface area contributed by atoms with Crippen molar-refractivity contribution in [2.24, 2.45) is 0 Å². The molecule has 0 saturated carbocycles. The molecule has 1 heterocycles. The molecule has 0 atom stereocenters. The van der Waals surface area contributed by atoms with Crippen LogP contribution in [0.2, 0.25) is 0 Å². The van der Waals surface area contributed by atoms with Crippen molar-refractivity contribution in [1.82, 2.24) is 4.57 Å². The second kappa shape index (κ2) is 5.88. The van der Waals surface area contributed by atoms with Gasteiger partial charge >= 0.3 is 0 Å². The summed E-state index contributed by atoms with van der Waals surface area (Å²) in [6.45, 7) is -0.138. The Morgan fingerprint density at radius 1 is 1.09 bits per heavy atom. The van der Waals surface area contributed by atoms with Gasteiger partial charge in [0.2, 0.25) is 5.91 Å². The lowest BCUT2D eigenvalue weighted by molar-refractivity contribution is -0.116. The van der Waals surface area contributed by atoms with Crippen LogP contribution in [0, 0.1) is 0 Å². The van der Waals surface area contributed by atoms with E-state index in [-0.39, 0.29) is 24.2 Å². The molecule has 1 aromatic heterocycles. The van der Waals surface area contributed by atoms with Gasteiger partial charge in [-0.25, -0.2) is 0 Å². The number of rotatable bonds is 3. The molecule has 0 aliphatic heterocycles. The highest BCUT2D eigenvalue weighted by atomic mass is 79.9. The first-order chi connectivity index (χ1) is 10.6. The average molecular weight is 363 g/mol. The maximum atomic E-state index is 12.1. The maximum Gasteiger partial charge on any atom is 0.244 e. The first-order valence-corrected chi connectivity index (χ1v) is 7.68. The molecule has 0 unspecified atom stereocenters. The SMILES string of the molecule is O=C(Cn1c(O)c2c(c1O)CC=CC2)Nc1ccc(Br)cc1. The van der Waals surface area contributed by atoms with Crippen molar-refractivity contribution in [3.05, 3.63) is 52.0 Å². The molecular weight excluding hydrogens is 348 g/mol. The molecule has 1 amide bonds. The normalized spacial score (nSPS) is 13.0. The Kier molecular flexibility index (Phi) is 3.94. The summed E-state index contributed by atoms with van der Waals surface area (Å²) in [5, 5.41) is 23.1. The minimum absolute atomic E-state index is 0.0391. The van der Waals surface area contributed by atoms with E-state index in [9.17, 15) is 15.0 Å². The van der Waals surface area contributed by atoms with Gasteiger partial charge in [-0.15, -0.1) is 0 Å². The van der Waals surface area contributed by atoms with E-state index >= 15 is 0 Å². The van der Waals surface area contributed by atoms with Crippen molar-refractivity contribution in [2.45, 2.75) is 19.4 Å². The monoisotopic (exact) mass is 362 g/mol. The van der Waals surface area contributed by atoms with Gasteiger partial charge in [-0.1, -0.05) is 28.1 Å². The number of aromatic hydroxyl groups is 2. The minimum Gasteiger partial charge on any atom is -0.494 e. The average Bonchev–Trinajstić information content (AvgIpc) is 2.75. The summed E-state index contributed by atoms with van der Waals surface area (Å²) in [7, 11) is 0. The second-order valence-corrected chi connectivity index (χ2v) is 6.04. The number of halogens is 1. The summed E-state index contributed by atoms with van der Waals surface area (Å²) >= 11 is 3.33. The van der Waals surface area contributed by atoms with Crippen molar-refractivity contribution >= 4 is 27.5 Å². The molecule has 0 saturated heterocycles. The lowest BCUT2D eigenvalue weighted by atomic mass is 10.0. The van der Waals surface area contributed by atoms with E-state index in [1.807, 2.05) is 24.3 Å². The molecule has 1 aliphatic carbocycles. The predicted octanol–water partition coefficient (Wildman–Crippen LogP) is 2.96. The van der Waals surface area contributed by atoms with Gasteiger partial charge in [-0.2, -0.15) is 0 Å². The van der Waals surface area contributed by atoms with Gasteiger partial charge in [0.15, 0.2) is 11.8 Å². The van der Waals surface area contributed by atoms with Gasteiger partial charge in [0.25, 0.3) is 0 Å². The molecule has 3 N–H and O–H groups in total. The minimum atomic E-state index is -0.312. The van der Waals surface area contributed by atoms with Crippen LogP contribution in [0.3, 0.4) is 0 Å². The van der Waals surface area contributed by atoms with E-state index in [1.165, 1.54) is 4.57 Å². The molecule has 1 aliphatic rings. The van der Waals surface area contributed by atoms with Crippen LogP contribution < -0.4 is 5.32 Å². The lowest BCUT2D eigenvalue weighted by Gasteiger charge is -2.08. The number of fused-ring (bicyclic) bond motifs is 1. The van der Waals surface area contributed by atoms with Crippen LogP contribution in [-0.4, -0.2) is 20.7 Å². The molecule has 0 bridgehead atoms. The molecule has 22 heavy (non-hydrogen) atoms. The highest BCUT2D eigenvalue weighted by molar-refractivity contribution is 9.10. The van der Waals surface area contributed by atoms with Gasteiger partial charge in [-0.05, 0) is 37.1 Å². The zero-order chi connectivity index (χ0) is 15.7. The molecular formula is C16H15BrN2O3. The number of amides is 1. The quantitative estimate of drug-likeness (QED) is 0.734. The van der Waals surface area contributed by atoms with Crippen LogP contribution in [0.5, 0.6) is 11.8 Å². The van der Waals surface area contributed by atoms with Gasteiger partial charge in [0.1, 0.15) is 6.54 Å². The molecule has 3 rings (SSSR count). The largest absolute Gasteiger partial charge is 0.494 e. The Hall–Kier alpha value is -2.21. The topological polar surface area (TPSA) is 74.5 Å². The fraction of sp³-hybridized carbons (Fsp3) is 0.188. The summed E-state index contributed by atoms with van der Waals surface area (Å²) in [5.41, 5.74) is 2.04. The third-order valence-corrected chi connectivity index (χ3v) is 4.18. The van der Waals surface area contributed by atoms with Crippen molar-refractivity contribution < 1.29 is 15.0 Å². The summed E-state index contributed by atoms with van der Waals surface area (Å²) in [5.74, 6) is -0.390. The Labute approximate surface area is 136 Å². The number of nitrogens with zero attached hydrogens (tertiary/aromatic N) is 1. The third-order valence-electron chi connectivity index (χ3n) is 3.66. The Morgan fingerprint density at radius 3 is 2.18 bits per heavy atom. The van der Waals surface area contributed by atoms with Gasteiger partial charge < -0.3 is 15.5 Å². The molecule has 0 spiro atoms. The zero-order valence-corrected chi connectivity index (χ0v) is 13.3. The van der Waals surface area contributed by atoms with Crippen LogP contribution in [0.1, 0.15) is 11.1 Å². The van der Waals surface area contributed by atoms with Gasteiger partial charge in [0.05, 0.1) is 0 Å². The standard InChI is InChI=1S/C16H15BrN2O3/c17-10-5-7-11(8-6-10)18-14(20)9-19-15(21)12-3-1-2-4-13(12)16(19)22/h1-2,5-8,21-22H,3-4,9H2,(H,18,20). The zero-order valence-electron chi connectivity index (χ0n) is 11.7. The molecule has 0 fully saturated rings. The van der Waals surface area contributed by atoms with E-state index < -0.39 is 0 Å². The van der Waals surface area contributed by atoms with Crippen LogP contribution in [0.15, 0.2) is 40.9 Å². The number of carbonyl (C=O) groups excluding carboxylic acids is 1. The molecule has 0 radical (unpaired) electrons. The van der Waals surface area contributed by atoms with Crippen molar-refractivity contribution in [2.75, 3.05) is 5.32 Å². The van der Waals surface area contributed by atoms with Gasteiger partial charge in [-0.3, -0.25) is 9.36 Å². The number of hydrogen-bond acceptors (Lipinski definition) is 3. The Bertz CT molecular complexity index is 716. The third kappa shape index (κ3) is 2.74. The lowest BCUT2D eigenvalue weighted by Crippen LogP contribution is -2.18. The predicted molar refractivity (Wildman–Crippen MR) is 87.1 cm³/mol. The van der Waals surface area contributed by atoms with E-state index in [1.54, 1.807) is 12.1 Å². The van der Waals surface area contributed by atoms with Crippen LogP contribution in [0.4, 0.5) is 5.69 Å². The van der Waals surface area contributed by atoms with E-state index in [0.29, 0.717) is 29.7 Å². The van der Waals surface area contributed by atoms with E-state index in [4.69, 9.17) is 0 Å². The molecule has 114 valence electrons. The number of anilines is 1. The number of carbonyl (C=O) groups is 1. The highest BCUT2D eigenvalue weighted by Crippen LogP contribution is 2.36. The van der Waals surface area contributed by atoms with Crippen LogP contribution >= 0.6 is 15.9 Å². The fourth-order valence-electron chi connectivity index (χ4n) is 2.55. The summed E-state index contributed by atoms with van der Waals surface area (Å²) in [6.07, 6.45) is 5.01. The molecule has 2 aromatic rings. The van der Waals surface area contributed by atoms with E-state index in [0.717, 1.165) is 4.47 Å². The summed E-state index contributed by atoms with van der Waals surface area (Å²) in [4.78, 5) is 12.1. The van der Waals surface area contributed by atoms with Crippen LogP contribution in [-0.2, 0) is 24.2 Å². The number of allylic oxidation sites excluding steroid dienone is 2. The fourth-order valence-corrected chi connectivity index (χ4v) is 2.82. The number of aromatic nitrogens is 1.